The van der Waals surface area contributed by atoms with E-state index in [4.69, 9.17) is 14.2 Å². The third-order valence-electron chi connectivity index (χ3n) is 2.47. The fourth-order valence-corrected chi connectivity index (χ4v) is 1.57. The number of esters is 1. The van der Waals surface area contributed by atoms with Crippen molar-refractivity contribution < 1.29 is 23.4 Å². The molecular formula is C13H13FO4. The Morgan fingerprint density at radius 3 is 2.89 bits per heavy atom. The molecule has 18 heavy (non-hydrogen) atoms. The number of carbonyl (C=O) groups excluding carboxylic acids is 1. The first-order valence-electron chi connectivity index (χ1n) is 5.59. The molecule has 0 fully saturated rings. The summed E-state index contributed by atoms with van der Waals surface area (Å²) >= 11 is 0. The highest BCUT2D eigenvalue weighted by Gasteiger charge is 2.17. The topological polar surface area (TPSA) is 44.8 Å². The maximum Gasteiger partial charge on any atom is 0.378 e. The number of rotatable bonds is 3. The van der Waals surface area contributed by atoms with Crippen LogP contribution < -0.4 is 9.47 Å². The first kappa shape index (κ1) is 12.4. The van der Waals surface area contributed by atoms with Gasteiger partial charge in [0, 0.05) is 6.07 Å². The SMILES string of the molecule is COc1ccc(OC(=O)C2=CCCCO2)cc1F. The van der Waals surface area contributed by atoms with Gasteiger partial charge in [0.25, 0.3) is 0 Å². The van der Waals surface area contributed by atoms with Crippen molar-refractivity contribution in [3.8, 4) is 11.5 Å². The van der Waals surface area contributed by atoms with Crippen LogP contribution >= 0.6 is 0 Å². The van der Waals surface area contributed by atoms with Crippen LogP contribution in [-0.4, -0.2) is 19.7 Å². The Bertz CT molecular complexity index is 482. The number of hydrogen-bond acceptors (Lipinski definition) is 4. The van der Waals surface area contributed by atoms with Crippen molar-refractivity contribution in [2.24, 2.45) is 0 Å². The molecule has 0 unspecified atom stereocenters. The Morgan fingerprint density at radius 2 is 2.28 bits per heavy atom. The van der Waals surface area contributed by atoms with Crippen molar-refractivity contribution in [3.05, 3.63) is 35.9 Å². The Balaban J connectivity index is 2.07. The Labute approximate surface area is 104 Å². The average molecular weight is 252 g/mol. The van der Waals surface area contributed by atoms with Gasteiger partial charge in [0.1, 0.15) is 5.75 Å². The molecule has 1 aromatic carbocycles. The van der Waals surface area contributed by atoms with E-state index in [0.717, 1.165) is 18.9 Å². The predicted molar refractivity (Wildman–Crippen MR) is 61.9 cm³/mol. The number of carbonyl (C=O) groups is 1. The lowest BCUT2D eigenvalue weighted by Gasteiger charge is -2.13. The second kappa shape index (κ2) is 5.53. The monoisotopic (exact) mass is 252 g/mol. The van der Waals surface area contributed by atoms with Crippen LogP contribution in [0.1, 0.15) is 12.8 Å². The van der Waals surface area contributed by atoms with Crippen molar-refractivity contribution in [1.82, 2.24) is 0 Å². The van der Waals surface area contributed by atoms with Crippen LogP contribution in [0.2, 0.25) is 0 Å². The van der Waals surface area contributed by atoms with E-state index in [1.165, 1.54) is 19.2 Å². The van der Waals surface area contributed by atoms with Gasteiger partial charge in [0.2, 0.25) is 5.76 Å². The fraction of sp³-hybridized carbons (Fsp3) is 0.308. The molecule has 0 spiro atoms. The number of benzene rings is 1. The zero-order chi connectivity index (χ0) is 13.0. The lowest BCUT2D eigenvalue weighted by molar-refractivity contribution is -0.134. The summed E-state index contributed by atoms with van der Waals surface area (Å²) in [5, 5.41) is 0. The van der Waals surface area contributed by atoms with Crippen molar-refractivity contribution in [2.45, 2.75) is 12.8 Å². The molecule has 2 rings (SSSR count). The number of hydrogen-bond donors (Lipinski definition) is 0. The molecule has 4 nitrogen and oxygen atoms in total. The Morgan fingerprint density at radius 1 is 1.44 bits per heavy atom. The van der Waals surface area contributed by atoms with Crippen LogP contribution in [0.4, 0.5) is 4.39 Å². The van der Waals surface area contributed by atoms with Gasteiger partial charge in [-0.05, 0) is 31.1 Å². The standard InChI is InChI=1S/C13H13FO4/c1-16-11-6-5-9(8-10(11)14)18-13(15)12-4-2-3-7-17-12/h4-6,8H,2-3,7H2,1H3. The molecule has 0 radical (unpaired) electrons. The van der Waals surface area contributed by atoms with E-state index in [1.54, 1.807) is 6.08 Å². The minimum Gasteiger partial charge on any atom is -0.494 e. The summed E-state index contributed by atoms with van der Waals surface area (Å²) in [5.74, 6) is -0.797. The summed E-state index contributed by atoms with van der Waals surface area (Å²) in [4.78, 5) is 11.7. The lowest BCUT2D eigenvalue weighted by Crippen LogP contribution is -2.16. The molecule has 1 aliphatic heterocycles. The van der Waals surface area contributed by atoms with E-state index in [0.29, 0.717) is 6.61 Å². The predicted octanol–water partition coefficient (Wildman–Crippen LogP) is 2.43. The Kier molecular flexibility index (Phi) is 3.82. The molecule has 96 valence electrons. The molecule has 5 heteroatoms. The van der Waals surface area contributed by atoms with E-state index in [1.807, 2.05) is 0 Å². The second-order valence-electron chi connectivity index (χ2n) is 3.74. The number of ether oxygens (including phenoxy) is 3. The molecule has 0 aliphatic carbocycles. The molecule has 0 saturated heterocycles. The van der Waals surface area contributed by atoms with Crippen LogP contribution in [0.3, 0.4) is 0 Å². The van der Waals surface area contributed by atoms with Crippen LogP contribution in [0.15, 0.2) is 30.0 Å². The van der Waals surface area contributed by atoms with Crippen molar-refractivity contribution >= 4 is 5.97 Å². The van der Waals surface area contributed by atoms with Crippen LogP contribution in [0.5, 0.6) is 11.5 Å². The van der Waals surface area contributed by atoms with Gasteiger partial charge in [-0.2, -0.15) is 0 Å². The summed E-state index contributed by atoms with van der Waals surface area (Å²) in [6.45, 7) is 0.498. The third-order valence-corrected chi connectivity index (χ3v) is 2.47. The highest BCUT2D eigenvalue weighted by Crippen LogP contribution is 2.23. The summed E-state index contributed by atoms with van der Waals surface area (Å²) in [6, 6.07) is 3.96. The molecule has 0 aromatic heterocycles. The van der Waals surface area contributed by atoms with Gasteiger partial charge in [0.15, 0.2) is 11.6 Å². The van der Waals surface area contributed by atoms with E-state index in [-0.39, 0.29) is 17.3 Å². The zero-order valence-electron chi connectivity index (χ0n) is 9.94. The minimum absolute atomic E-state index is 0.0999. The van der Waals surface area contributed by atoms with Crippen LogP contribution in [-0.2, 0) is 9.53 Å². The lowest BCUT2D eigenvalue weighted by atomic mass is 10.2. The number of methoxy groups -OCH3 is 1. The normalized spacial score (nSPS) is 14.4. The smallest absolute Gasteiger partial charge is 0.378 e. The fourth-order valence-electron chi connectivity index (χ4n) is 1.57. The van der Waals surface area contributed by atoms with Gasteiger partial charge >= 0.3 is 5.97 Å². The quantitative estimate of drug-likeness (QED) is 0.612. The first-order valence-corrected chi connectivity index (χ1v) is 5.59. The first-order chi connectivity index (χ1) is 8.70. The molecule has 0 saturated carbocycles. The molecular weight excluding hydrogens is 239 g/mol. The largest absolute Gasteiger partial charge is 0.494 e. The van der Waals surface area contributed by atoms with Gasteiger partial charge in [0.05, 0.1) is 13.7 Å². The highest BCUT2D eigenvalue weighted by atomic mass is 19.1. The van der Waals surface area contributed by atoms with Gasteiger partial charge in [-0.25, -0.2) is 9.18 Å². The van der Waals surface area contributed by atoms with Crippen molar-refractivity contribution in [3.63, 3.8) is 0 Å². The average Bonchev–Trinajstić information content (AvgIpc) is 2.40. The number of allylic oxidation sites excluding steroid dienone is 1. The molecule has 0 bridgehead atoms. The van der Waals surface area contributed by atoms with E-state index < -0.39 is 11.8 Å². The van der Waals surface area contributed by atoms with E-state index >= 15 is 0 Å². The van der Waals surface area contributed by atoms with E-state index in [9.17, 15) is 9.18 Å². The third kappa shape index (κ3) is 2.80. The maximum atomic E-state index is 13.4. The molecule has 1 heterocycles. The van der Waals surface area contributed by atoms with Crippen LogP contribution in [0, 0.1) is 5.82 Å². The van der Waals surface area contributed by atoms with Crippen molar-refractivity contribution in [1.29, 1.82) is 0 Å². The molecule has 1 aromatic rings. The number of halogens is 1. The summed E-state index contributed by atoms with van der Waals surface area (Å²) in [6.07, 6.45) is 3.33. The van der Waals surface area contributed by atoms with Gasteiger partial charge in [-0.15, -0.1) is 0 Å². The van der Waals surface area contributed by atoms with Gasteiger partial charge in [-0.3, -0.25) is 0 Å². The van der Waals surface area contributed by atoms with Gasteiger partial charge in [-0.1, -0.05) is 0 Å². The Hall–Kier alpha value is -2.04. The molecule has 0 atom stereocenters. The van der Waals surface area contributed by atoms with Gasteiger partial charge < -0.3 is 14.2 Å². The molecule has 0 amide bonds. The molecule has 1 aliphatic rings. The second-order valence-corrected chi connectivity index (χ2v) is 3.74. The summed E-state index contributed by atoms with van der Waals surface area (Å²) in [5.41, 5.74) is 0. The highest BCUT2D eigenvalue weighted by molar-refractivity contribution is 5.88. The van der Waals surface area contributed by atoms with Crippen LogP contribution in [0.25, 0.3) is 0 Å². The molecule has 0 N–H and O–H groups in total. The van der Waals surface area contributed by atoms with E-state index in [2.05, 4.69) is 0 Å². The summed E-state index contributed by atoms with van der Waals surface area (Å²) < 4.78 is 28.3. The summed E-state index contributed by atoms with van der Waals surface area (Å²) in [7, 11) is 1.37. The maximum absolute atomic E-state index is 13.4. The van der Waals surface area contributed by atoms with Crippen molar-refractivity contribution in [2.75, 3.05) is 13.7 Å². The minimum atomic E-state index is -0.612. The zero-order valence-corrected chi connectivity index (χ0v) is 9.94.